The van der Waals surface area contributed by atoms with Gasteiger partial charge in [0.2, 0.25) is 11.8 Å². The molecular formula is C22H27N3O4S. The first-order valence-electron chi connectivity index (χ1n) is 10.0. The quantitative estimate of drug-likeness (QED) is 0.609. The number of rotatable bonds is 8. The van der Waals surface area contributed by atoms with E-state index < -0.39 is 15.9 Å². The van der Waals surface area contributed by atoms with Gasteiger partial charge >= 0.3 is 0 Å². The van der Waals surface area contributed by atoms with Gasteiger partial charge in [0.1, 0.15) is 6.04 Å². The van der Waals surface area contributed by atoms with Crippen molar-refractivity contribution in [2.75, 3.05) is 37.7 Å². The molecule has 2 aromatic carbocycles. The summed E-state index contributed by atoms with van der Waals surface area (Å²) in [6, 6.07) is 18.2. The maximum Gasteiger partial charge on any atom is 0.242 e. The van der Waals surface area contributed by atoms with E-state index in [0.717, 1.165) is 11.1 Å². The molecule has 0 spiro atoms. The van der Waals surface area contributed by atoms with Crippen molar-refractivity contribution in [2.45, 2.75) is 12.5 Å². The Balaban J connectivity index is 1.53. The molecule has 1 saturated heterocycles. The largest absolute Gasteiger partial charge is 0.354 e. The molecule has 1 unspecified atom stereocenters. The third kappa shape index (κ3) is 6.40. The maximum absolute atomic E-state index is 12.9. The molecule has 1 aliphatic heterocycles. The third-order valence-electron chi connectivity index (χ3n) is 5.06. The molecule has 3 rings (SSSR count). The number of sulfone groups is 1. The van der Waals surface area contributed by atoms with Crippen LogP contribution in [0.3, 0.4) is 0 Å². The van der Waals surface area contributed by atoms with Crippen molar-refractivity contribution in [1.29, 1.82) is 0 Å². The van der Waals surface area contributed by atoms with Gasteiger partial charge in [0, 0.05) is 26.2 Å². The van der Waals surface area contributed by atoms with Crippen LogP contribution in [0.15, 0.2) is 60.7 Å². The topological polar surface area (TPSA) is 95.6 Å². The summed E-state index contributed by atoms with van der Waals surface area (Å²) < 4.78 is 23.5. The van der Waals surface area contributed by atoms with Gasteiger partial charge in [0.05, 0.1) is 17.9 Å². The van der Waals surface area contributed by atoms with Crippen LogP contribution < -0.4 is 10.6 Å². The van der Waals surface area contributed by atoms with Crippen molar-refractivity contribution in [3.05, 3.63) is 71.8 Å². The summed E-state index contributed by atoms with van der Waals surface area (Å²) in [7, 11) is -3.03. The Kier molecular flexibility index (Phi) is 7.59. The van der Waals surface area contributed by atoms with E-state index in [1.54, 1.807) is 0 Å². The first kappa shape index (κ1) is 22.0. The molecule has 160 valence electrons. The highest BCUT2D eigenvalue weighted by Crippen LogP contribution is 2.23. The molecule has 7 nitrogen and oxygen atoms in total. The summed E-state index contributed by atoms with van der Waals surface area (Å²) in [5.74, 6) is -0.188. The highest BCUT2D eigenvalue weighted by Gasteiger charge is 2.32. The molecule has 30 heavy (non-hydrogen) atoms. The molecule has 2 amide bonds. The lowest BCUT2D eigenvalue weighted by atomic mass is 10.0. The standard InChI is InChI=1S/C22H27N3O4S/c26-20(17-18-7-3-1-4-8-18)23-11-12-24-22(27)21(19-9-5-2-6-10-19)25-13-15-30(28,29)16-14-25/h1-10,21H,11-17H2,(H,23,26)(H,24,27). The fraction of sp³-hybridized carbons (Fsp3) is 0.364. The molecule has 1 aliphatic rings. The molecule has 8 heteroatoms. The molecule has 0 saturated carbocycles. The maximum atomic E-state index is 12.9. The lowest BCUT2D eigenvalue weighted by Gasteiger charge is -2.33. The minimum absolute atomic E-state index is 0.0547. The first-order chi connectivity index (χ1) is 14.4. The molecule has 1 atom stereocenters. The Hall–Kier alpha value is -2.71. The van der Waals surface area contributed by atoms with Gasteiger partial charge < -0.3 is 10.6 Å². The van der Waals surface area contributed by atoms with Crippen LogP contribution in [0.2, 0.25) is 0 Å². The predicted molar refractivity (Wildman–Crippen MR) is 116 cm³/mol. The summed E-state index contributed by atoms with van der Waals surface area (Å²) in [5.41, 5.74) is 1.76. The smallest absolute Gasteiger partial charge is 0.242 e. The molecule has 1 fully saturated rings. The minimum Gasteiger partial charge on any atom is -0.354 e. The average Bonchev–Trinajstić information content (AvgIpc) is 2.74. The number of hydrogen-bond acceptors (Lipinski definition) is 5. The molecule has 1 heterocycles. The average molecular weight is 430 g/mol. The van der Waals surface area contributed by atoms with E-state index in [1.165, 1.54) is 0 Å². The summed E-state index contributed by atoms with van der Waals surface area (Å²) in [4.78, 5) is 26.9. The predicted octanol–water partition coefficient (Wildman–Crippen LogP) is 0.933. The van der Waals surface area contributed by atoms with Crippen LogP contribution >= 0.6 is 0 Å². The number of benzene rings is 2. The van der Waals surface area contributed by atoms with Gasteiger partial charge in [-0.1, -0.05) is 60.7 Å². The van der Waals surface area contributed by atoms with Crippen LogP contribution in [0.25, 0.3) is 0 Å². The van der Waals surface area contributed by atoms with Crippen LogP contribution in [0, 0.1) is 0 Å². The minimum atomic E-state index is -3.03. The van der Waals surface area contributed by atoms with Crippen LogP contribution in [-0.4, -0.2) is 62.8 Å². The van der Waals surface area contributed by atoms with Gasteiger partial charge in [-0.2, -0.15) is 0 Å². The second-order valence-corrected chi connectivity index (χ2v) is 9.61. The van der Waals surface area contributed by atoms with Gasteiger partial charge in [0.25, 0.3) is 0 Å². The number of hydrogen-bond donors (Lipinski definition) is 2. The zero-order valence-corrected chi connectivity index (χ0v) is 17.6. The van der Waals surface area contributed by atoms with Crippen LogP contribution in [0.5, 0.6) is 0 Å². The number of carbonyl (C=O) groups excluding carboxylic acids is 2. The van der Waals surface area contributed by atoms with Crippen LogP contribution in [0.4, 0.5) is 0 Å². The summed E-state index contributed by atoms with van der Waals surface area (Å²) in [6.07, 6.45) is 0.295. The van der Waals surface area contributed by atoms with Crippen molar-refractivity contribution >= 4 is 21.7 Å². The number of carbonyl (C=O) groups is 2. The third-order valence-corrected chi connectivity index (χ3v) is 6.67. The van der Waals surface area contributed by atoms with Gasteiger partial charge in [-0.05, 0) is 11.1 Å². The molecule has 2 N–H and O–H groups in total. The molecule has 0 bridgehead atoms. The van der Waals surface area contributed by atoms with E-state index in [9.17, 15) is 18.0 Å². The Morgan fingerprint density at radius 2 is 1.43 bits per heavy atom. The lowest BCUT2D eigenvalue weighted by molar-refractivity contribution is -0.127. The fourth-order valence-electron chi connectivity index (χ4n) is 3.48. The Labute approximate surface area is 177 Å². The van der Waals surface area contributed by atoms with E-state index in [1.807, 2.05) is 65.6 Å². The van der Waals surface area contributed by atoms with Gasteiger partial charge in [-0.25, -0.2) is 8.42 Å². The zero-order valence-electron chi connectivity index (χ0n) is 16.8. The second kappa shape index (κ2) is 10.4. The Bertz CT molecular complexity index is 935. The molecular weight excluding hydrogens is 402 g/mol. The van der Waals surface area contributed by atoms with E-state index in [4.69, 9.17) is 0 Å². The first-order valence-corrected chi connectivity index (χ1v) is 11.8. The van der Waals surface area contributed by atoms with E-state index in [0.29, 0.717) is 32.6 Å². The van der Waals surface area contributed by atoms with E-state index in [2.05, 4.69) is 10.6 Å². The van der Waals surface area contributed by atoms with Crippen molar-refractivity contribution in [3.63, 3.8) is 0 Å². The lowest BCUT2D eigenvalue weighted by Crippen LogP contribution is -2.48. The van der Waals surface area contributed by atoms with E-state index >= 15 is 0 Å². The molecule has 0 radical (unpaired) electrons. The van der Waals surface area contributed by atoms with Crippen molar-refractivity contribution in [1.82, 2.24) is 15.5 Å². The number of nitrogens with zero attached hydrogens (tertiary/aromatic N) is 1. The highest BCUT2D eigenvalue weighted by molar-refractivity contribution is 7.91. The van der Waals surface area contributed by atoms with Crippen molar-refractivity contribution in [2.24, 2.45) is 0 Å². The van der Waals surface area contributed by atoms with Gasteiger partial charge in [0.15, 0.2) is 9.84 Å². The number of nitrogens with one attached hydrogen (secondary N) is 2. The van der Waals surface area contributed by atoms with Gasteiger partial charge in [-0.3, -0.25) is 14.5 Å². The summed E-state index contributed by atoms with van der Waals surface area (Å²) in [6.45, 7) is 1.27. The monoisotopic (exact) mass is 429 g/mol. The SMILES string of the molecule is O=C(Cc1ccccc1)NCCNC(=O)C(c1ccccc1)N1CCS(=O)(=O)CC1. The van der Waals surface area contributed by atoms with Crippen LogP contribution in [-0.2, 0) is 25.8 Å². The van der Waals surface area contributed by atoms with Gasteiger partial charge in [-0.15, -0.1) is 0 Å². The molecule has 0 aliphatic carbocycles. The van der Waals surface area contributed by atoms with Crippen molar-refractivity contribution in [3.8, 4) is 0 Å². The second-order valence-electron chi connectivity index (χ2n) is 7.30. The number of amides is 2. The van der Waals surface area contributed by atoms with E-state index in [-0.39, 0.29) is 23.3 Å². The van der Waals surface area contributed by atoms with Crippen molar-refractivity contribution < 1.29 is 18.0 Å². The molecule has 2 aromatic rings. The summed E-state index contributed by atoms with van der Waals surface area (Å²) in [5, 5.41) is 5.68. The molecule has 0 aromatic heterocycles. The normalized spacial score (nSPS) is 17.1. The van der Waals surface area contributed by atoms with Crippen LogP contribution in [0.1, 0.15) is 17.2 Å². The fourth-order valence-corrected chi connectivity index (χ4v) is 4.71. The highest BCUT2D eigenvalue weighted by atomic mass is 32.2. The summed E-state index contributed by atoms with van der Waals surface area (Å²) >= 11 is 0. The zero-order chi connectivity index (χ0) is 21.4. The Morgan fingerprint density at radius 3 is 2.07 bits per heavy atom. The Morgan fingerprint density at radius 1 is 0.867 bits per heavy atom.